The molecule has 0 unspecified atom stereocenters. The second-order valence-corrected chi connectivity index (χ2v) is 6.56. The fourth-order valence-corrected chi connectivity index (χ4v) is 2.94. The molecule has 2 saturated heterocycles. The standard InChI is InChI=1S/C15H28N4O3/c1-12(2)17-13(20)11-18-5-7-19(8-6-18)14(21)15(16)3-9-22-10-4-15/h12H,3-11,16H2,1-2H3,(H,17,20). The van der Waals surface area contributed by atoms with Crippen LogP contribution in [-0.4, -0.2) is 79.1 Å². The Hall–Kier alpha value is -1.18. The van der Waals surface area contributed by atoms with Crippen molar-refractivity contribution in [3.05, 3.63) is 0 Å². The molecule has 126 valence electrons. The Morgan fingerprint density at radius 3 is 2.32 bits per heavy atom. The third-order valence-electron chi connectivity index (χ3n) is 4.29. The molecule has 0 radical (unpaired) electrons. The van der Waals surface area contributed by atoms with E-state index in [0.29, 0.717) is 58.8 Å². The van der Waals surface area contributed by atoms with Crippen molar-refractivity contribution in [3.8, 4) is 0 Å². The molecule has 0 aliphatic carbocycles. The van der Waals surface area contributed by atoms with Gasteiger partial charge >= 0.3 is 0 Å². The van der Waals surface area contributed by atoms with Gasteiger partial charge in [0.2, 0.25) is 11.8 Å². The van der Waals surface area contributed by atoms with Gasteiger partial charge in [0, 0.05) is 45.4 Å². The number of nitrogens with two attached hydrogens (primary N) is 1. The zero-order chi connectivity index (χ0) is 16.2. The topological polar surface area (TPSA) is 87.9 Å². The lowest BCUT2D eigenvalue weighted by molar-refractivity contribution is -0.142. The predicted molar refractivity (Wildman–Crippen MR) is 83.3 cm³/mol. The number of carbonyl (C=O) groups is 2. The summed E-state index contributed by atoms with van der Waals surface area (Å²) in [6, 6.07) is 0.154. The van der Waals surface area contributed by atoms with Crippen LogP contribution in [0.2, 0.25) is 0 Å². The molecule has 22 heavy (non-hydrogen) atoms. The van der Waals surface area contributed by atoms with E-state index in [1.807, 2.05) is 18.7 Å². The first-order valence-corrected chi connectivity index (χ1v) is 8.08. The van der Waals surface area contributed by atoms with Crippen LogP contribution in [0.5, 0.6) is 0 Å². The van der Waals surface area contributed by atoms with E-state index < -0.39 is 5.54 Å². The molecular formula is C15H28N4O3. The van der Waals surface area contributed by atoms with Crippen LogP contribution < -0.4 is 11.1 Å². The molecule has 2 fully saturated rings. The SMILES string of the molecule is CC(C)NC(=O)CN1CCN(C(=O)C2(N)CCOCC2)CC1. The Morgan fingerprint density at radius 1 is 1.18 bits per heavy atom. The third kappa shape index (κ3) is 4.41. The van der Waals surface area contributed by atoms with Crippen LogP contribution in [-0.2, 0) is 14.3 Å². The Labute approximate surface area is 132 Å². The highest BCUT2D eigenvalue weighted by Crippen LogP contribution is 2.21. The van der Waals surface area contributed by atoms with Crippen LogP contribution >= 0.6 is 0 Å². The number of nitrogens with zero attached hydrogens (tertiary/aromatic N) is 2. The molecule has 0 saturated carbocycles. The van der Waals surface area contributed by atoms with Gasteiger partial charge in [-0.05, 0) is 26.7 Å². The monoisotopic (exact) mass is 312 g/mol. The average Bonchev–Trinajstić information content (AvgIpc) is 2.47. The van der Waals surface area contributed by atoms with Gasteiger partial charge in [0.1, 0.15) is 0 Å². The normalized spacial score (nSPS) is 22.6. The lowest BCUT2D eigenvalue weighted by atomic mass is 9.89. The summed E-state index contributed by atoms with van der Waals surface area (Å²) in [5, 5.41) is 2.89. The van der Waals surface area contributed by atoms with Gasteiger partial charge in [-0.15, -0.1) is 0 Å². The van der Waals surface area contributed by atoms with Gasteiger partial charge in [-0.2, -0.15) is 0 Å². The molecule has 0 aromatic heterocycles. The molecule has 2 rings (SSSR count). The van der Waals surface area contributed by atoms with E-state index >= 15 is 0 Å². The highest BCUT2D eigenvalue weighted by atomic mass is 16.5. The third-order valence-corrected chi connectivity index (χ3v) is 4.29. The second-order valence-electron chi connectivity index (χ2n) is 6.56. The highest BCUT2D eigenvalue weighted by Gasteiger charge is 2.39. The number of amides is 2. The van der Waals surface area contributed by atoms with Crippen molar-refractivity contribution >= 4 is 11.8 Å². The summed E-state index contributed by atoms with van der Waals surface area (Å²) in [5.74, 6) is 0.0663. The summed E-state index contributed by atoms with van der Waals surface area (Å²) in [4.78, 5) is 28.3. The Balaban J connectivity index is 1.79. The van der Waals surface area contributed by atoms with Gasteiger partial charge in [0.05, 0.1) is 12.1 Å². The van der Waals surface area contributed by atoms with Gasteiger partial charge in [0.15, 0.2) is 0 Å². The van der Waals surface area contributed by atoms with E-state index in [1.54, 1.807) is 0 Å². The minimum Gasteiger partial charge on any atom is -0.381 e. The Kier molecular flexibility index (Phi) is 5.77. The van der Waals surface area contributed by atoms with Crippen molar-refractivity contribution in [1.82, 2.24) is 15.1 Å². The summed E-state index contributed by atoms with van der Waals surface area (Å²) >= 11 is 0. The maximum Gasteiger partial charge on any atom is 0.242 e. The molecule has 2 aliphatic heterocycles. The quantitative estimate of drug-likeness (QED) is 0.707. The highest BCUT2D eigenvalue weighted by molar-refractivity contribution is 5.86. The number of piperazine rings is 1. The van der Waals surface area contributed by atoms with Crippen LogP contribution in [0, 0.1) is 0 Å². The average molecular weight is 312 g/mol. The van der Waals surface area contributed by atoms with Crippen molar-refractivity contribution in [2.24, 2.45) is 5.73 Å². The molecule has 3 N–H and O–H groups in total. The largest absolute Gasteiger partial charge is 0.381 e. The first-order valence-electron chi connectivity index (χ1n) is 8.08. The molecule has 0 spiro atoms. The van der Waals surface area contributed by atoms with E-state index in [-0.39, 0.29) is 17.9 Å². The molecule has 7 nitrogen and oxygen atoms in total. The van der Waals surface area contributed by atoms with Gasteiger partial charge < -0.3 is 20.7 Å². The van der Waals surface area contributed by atoms with Crippen LogP contribution in [0.3, 0.4) is 0 Å². The van der Waals surface area contributed by atoms with Crippen LogP contribution in [0.4, 0.5) is 0 Å². The van der Waals surface area contributed by atoms with E-state index in [0.717, 1.165) is 0 Å². The molecule has 0 aromatic rings. The van der Waals surface area contributed by atoms with Crippen LogP contribution in [0.15, 0.2) is 0 Å². The molecule has 0 aromatic carbocycles. The summed E-state index contributed by atoms with van der Waals surface area (Å²) in [5.41, 5.74) is 5.49. The van der Waals surface area contributed by atoms with E-state index in [1.165, 1.54) is 0 Å². The summed E-state index contributed by atoms with van der Waals surface area (Å²) in [6.45, 7) is 8.08. The summed E-state index contributed by atoms with van der Waals surface area (Å²) in [7, 11) is 0. The molecule has 2 heterocycles. The molecule has 0 bridgehead atoms. The van der Waals surface area contributed by atoms with Crippen molar-refractivity contribution in [2.75, 3.05) is 45.9 Å². The molecular weight excluding hydrogens is 284 g/mol. The second kappa shape index (κ2) is 7.39. The van der Waals surface area contributed by atoms with Crippen molar-refractivity contribution < 1.29 is 14.3 Å². The zero-order valence-electron chi connectivity index (χ0n) is 13.6. The number of hydrogen-bond donors (Lipinski definition) is 2. The van der Waals surface area contributed by atoms with E-state index in [9.17, 15) is 9.59 Å². The van der Waals surface area contributed by atoms with E-state index in [2.05, 4.69) is 10.2 Å². The fraction of sp³-hybridized carbons (Fsp3) is 0.867. The number of nitrogens with one attached hydrogen (secondary N) is 1. The van der Waals surface area contributed by atoms with Gasteiger partial charge in [-0.3, -0.25) is 14.5 Å². The van der Waals surface area contributed by atoms with Crippen molar-refractivity contribution in [1.29, 1.82) is 0 Å². The summed E-state index contributed by atoms with van der Waals surface area (Å²) in [6.07, 6.45) is 1.17. The fourth-order valence-electron chi connectivity index (χ4n) is 2.94. The van der Waals surface area contributed by atoms with E-state index in [4.69, 9.17) is 10.5 Å². The first kappa shape index (κ1) is 17.2. The molecule has 0 atom stereocenters. The zero-order valence-corrected chi connectivity index (χ0v) is 13.6. The molecule has 2 amide bonds. The lowest BCUT2D eigenvalue weighted by Gasteiger charge is -2.40. The number of hydrogen-bond acceptors (Lipinski definition) is 5. The molecule has 7 heteroatoms. The number of rotatable bonds is 4. The van der Waals surface area contributed by atoms with Gasteiger partial charge in [0.25, 0.3) is 0 Å². The Bertz CT molecular complexity index is 400. The Morgan fingerprint density at radius 2 is 1.77 bits per heavy atom. The number of carbonyl (C=O) groups excluding carboxylic acids is 2. The minimum atomic E-state index is -0.768. The summed E-state index contributed by atoms with van der Waals surface area (Å²) < 4.78 is 5.29. The molecule has 2 aliphatic rings. The van der Waals surface area contributed by atoms with Gasteiger partial charge in [-0.25, -0.2) is 0 Å². The lowest BCUT2D eigenvalue weighted by Crippen LogP contribution is -2.61. The number of ether oxygens (including phenoxy) is 1. The predicted octanol–water partition coefficient (Wildman–Crippen LogP) is -0.837. The maximum absolute atomic E-state index is 12.6. The smallest absolute Gasteiger partial charge is 0.242 e. The minimum absolute atomic E-state index is 0.0297. The van der Waals surface area contributed by atoms with Crippen molar-refractivity contribution in [3.63, 3.8) is 0 Å². The van der Waals surface area contributed by atoms with Crippen LogP contribution in [0.25, 0.3) is 0 Å². The first-order chi connectivity index (χ1) is 10.4. The van der Waals surface area contributed by atoms with Crippen LogP contribution in [0.1, 0.15) is 26.7 Å². The maximum atomic E-state index is 12.6. The van der Waals surface area contributed by atoms with Crippen molar-refractivity contribution in [2.45, 2.75) is 38.3 Å². The van der Waals surface area contributed by atoms with Gasteiger partial charge in [-0.1, -0.05) is 0 Å².